The fourth-order valence-corrected chi connectivity index (χ4v) is 0.635. The Morgan fingerprint density at radius 2 is 2.33 bits per heavy atom. The van der Waals surface area contributed by atoms with Gasteiger partial charge in [-0.3, -0.25) is 14.6 Å². The molecule has 5 heteroatoms. The van der Waals surface area contributed by atoms with E-state index in [1.165, 1.54) is 6.20 Å². The third-order valence-electron chi connectivity index (χ3n) is 1.14. The molecule has 0 spiro atoms. The maximum atomic E-state index is 10.8. The third kappa shape index (κ3) is 3.50. The number of carbonyl (C=O) groups is 1. The van der Waals surface area contributed by atoms with Crippen LogP contribution in [0.3, 0.4) is 0 Å². The van der Waals surface area contributed by atoms with Crippen LogP contribution < -0.4 is 5.56 Å². The van der Waals surface area contributed by atoms with Gasteiger partial charge in [0.2, 0.25) is 0 Å². The molecule has 1 heterocycles. The van der Waals surface area contributed by atoms with E-state index in [-0.39, 0.29) is 12.0 Å². The van der Waals surface area contributed by atoms with Crippen molar-refractivity contribution in [3.05, 3.63) is 28.9 Å². The second kappa shape index (κ2) is 6.09. The summed E-state index contributed by atoms with van der Waals surface area (Å²) in [7, 11) is 0. The molecule has 0 fully saturated rings. The molecule has 1 aromatic rings. The fourth-order valence-electron chi connectivity index (χ4n) is 0.635. The Labute approximate surface area is 69.3 Å². The Morgan fingerprint density at radius 1 is 1.75 bits per heavy atom. The zero-order chi connectivity index (χ0) is 9.40. The first kappa shape index (κ1) is 10.3. The highest BCUT2D eigenvalue weighted by Gasteiger charge is 1.86. The van der Waals surface area contributed by atoms with Gasteiger partial charge in [0.25, 0.3) is 12.0 Å². The third-order valence-corrected chi connectivity index (χ3v) is 1.14. The maximum absolute atomic E-state index is 10.8. The first-order valence-corrected chi connectivity index (χ1v) is 3.34. The normalized spacial score (nSPS) is 8.08. The van der Waals surface area contributed by atoms with Crippen LogP contribution in [0.1, 0.15) is 6.92 Å². The van der Waals surface area contributed by atoms with Gasteiger partial charge in [-0.15, -0.1) is 0 Å². The monoisotopic (exact) mass is 170 g/mol. The van der Waals surface area contributed by atoms with E-state index in [2.05, 4.69) is 4.98 Å². The van der Waals surface area contributed by atoms with Crippen LogP contribution in [0.2, 0.25) is 0 Å². The van der Waals surface area contributed by atoms with E-state index in [0.717, 1.165) is 0 Å². The average molecular weight is 170 g/mol. The molecular weight excluding hydrogens is 160 g/mol. The van der Waals surface area contributed by atoms with Crippen LogP contribution in [0.5, 0.6) is 0 Å². The summed E-state index contributed by atoms with van der Waals surface area (Å²) in [5.41, 5.74) is -0.0417. The van der Waals surface area contributed by atoms with Crippen LogP contribution in [0, 0.1) is 0 Å². The van der Waals surface area contributed by atoms with Gasteiger partial charge in [-0.25, -0.2) is 0 Å². The lowest BCUT2D eigenvalue weighted by Gasteiger charge is -1.95. The molecule has 0 bridgehead atoms. The van der Waals surface area contributed by atoms with Crippen LogP contribution in [-0.2, 0) is 11.3 Å². The van der Waals surface area contributed by atoms with Gasteiger partial charge in [0.05, 0.1) is 6.20 Å². The molecular formula is C7H10N2O3. The Kier molecular flexibility index (Phi) is 5.25. The van der Waals surface area contributed by atoms with E-state index in [1.54, 1.807) is 17.0 Å². The van der Waals surface area contributed by atoms with Gasteiger partial charge in [0.15, 0.2) is 0 Å². The molecule has 1 rings (SSSR count). The highest BCUT2D eigenvalue weighted by molar-refractivity contribution is 5.32. The van der Waals surface area contributed by atoms with E-state index in [9.17, 15) is 4.79 Å². The zero-order valence-electron chi connectivity index (χ0n) is 6.67. The number of hydrogen-bond acceptors (Lipinski definition) is 3. The predicted molar refractivity (Wildman–Crippen MR) is 42.9 cm³/mol. The molecule has 0 aliphatic carbocycles. The van der Waals surface area contributed by atoms with Crippen molar-refractivity contribution in [2.75, 3.05) is 0 Å². The first-order chi connectivity index (χ1) is 5.76. The van der Waals surface area contributed by atoms with E-state index < -0.39 is 0 Å². The van der Waals surface area contributed by atoms with Gasteiger partial charge in [0, 0.05) is 18.9 Å². The smallest absolute Gasteiger partial charge is 0.290 e. The number of carboxylic acid groups (broad SMARTS) is 1. The van der Waals surface area contributed by atoms with Crippen molar-refractivity contribution in [1.29, 1.82) is 0 Å². The molecule has 0 amide bonds. The van der Waals surface area contributed by atoms with Crippen LogP contribution >= 0.6 is 0 Å². The summed E-state index contributed by atoms with van der Waals surface area (Å²) >= 11 is 0. The average Bonchev–Trinajstić information content (AvgIpc) is 2.07. The van der Waals surface area contributed by atoms with Crippen molar-refractivity contribution in [1.82, 2.24) is 9.55 Å². The minimum Gasteiger partial charge on any atom is -0.483 e. The quantitative estimate of drug-likeness (QED) is 0.600. The number of aromatic nitrogens is 2. The van der Waals surface area contributed by atoms with Crippen molar-refractivity contribution in [2.24, 2.45) is 0 Å². The molecule has 0 unspecified atom stereocenters. The summed E-state index contributed by atoms with van der Waals surface area (Å²) in [6.07, 6.45) is 4.58. The number of hydrogen-bond donors (Lipinski definition) is 1. The Hall–Kier alpha value is -1.65. The molecule has 0 saturated heterocycles. The predicted octanol–water partition coefficient (Wildman–Crippen LogP) is -0.0360. The molecule has 0 radical (unpaired) electrons. The lowest BCUT2D eigenvalue weighted by atomic mass is 10.6. The topological polar surface area (TPSA) is 72.2 Å². The molecule has 66 valence electrons. The molecule has 1 N–H and O–H groups in total. The van der Waals surface area contributed by atoms with Crippen molar-refractivity contribution < 1.29 is 9.90 Å². The Morgan fingerprint density at radius 3 is 2.67 bits per heavy atom. The fraction of sp³-hybridized carbons (Fsp3) is 0.286. The lowest BCUT2D eigenvalue weighted by molar-refractivity contribution is -0.122. The van der Waals surface area contributed by atoms with E-state index in [4.69, 9.17) is 9.90 Å². The van der Waals surface area contributed by atoms with Crippen LogP contribution in [0.25, 0.3) is 0 Å². The van der Waals surface area contributed by atoms with Gasteiger partial charge in [-0.1, -0.05) is 0 Å². The SMILES string of the molecule is CCn1ccncc1=O.O=CO. The van der Waals surface area contributed by atoms with Crippen molar-refractivity contribution >= 4 is 6.47 Å². The van der Waals surface area contributed by atoms with Crippen LogP contribution in [-0.4, -0.2) is 21.1 Å². The van der Waals surface area contributed by atoms with Gasteiger partial charge < -0.3 is 9.67 Å². The summed E-state index contributed by atoms with van der Waals surface area (Å²) in [5, 5.41) is 6.89. The number of aryl methyl sites for hydroxylation is 1. The molecule has 12 heavy (non-hydrogen) atoms. The van der Waals surface area contributed by atoms with E-state index in [1.807, 2.05) is 6.92 Å². The first-order valence-electron chi connectivity index (χ1n) is 3.34. The van der Waals surface area contributed by atoms with Crippen LogP contribution in [0.15, 0.2) is 23.4 Å². The molecule has 0 atom stereocenters. The molecule has 1 aromatic heterocycles. The summed E-state index contributed by atoms with van der Waals surface area (Å²) in [6, 6.07) is 0. The van der Waals surface area contributed by atoms with Gasteiger partial charge >= 0.3 is 0 Å². The van der Waals surface area contributed by atoms with E-state index in [0.29, 0.717) is 6.54 Å². The molecule has 0 aliphatic rings. The Balaban J connectivity index is 0.000000354. The minimum atomic E-state index is -0.250. The summed E-state index contributed by atoms with van der Waals surface area (Å²) in [5.74, 6) is 0. The molecule has 0 aromatic carbocycles. The second-order valence-electron chi connectivity index (χ2n) is 1.81. The van der Waals surface area contributed by atoms with Crippen molar-refractivity contribution in [3.8, 4) is 0 Å². The second-order valence-corrected chi connectivity index (χ2v) is 1.81. The molecule has 5 nitrogen and oxygen atoms in total. The highest BCUT2D eigenvalue weighted by Crippen LogP contribution is 1.74. The molecule has 0 saturated carbocycles. The number of rotatable bonds is 1. The van der Waals surface area contributed by atoms with Gasteiger partial charge in [-0.05, 0) is 6.92 Å². The highest BCUT2D eigenvalue weighted by atomic mass is 16.3. The molecule has 0 aliphatic heterocycles. The van der Waals surface area contributed by atoms with Gasteiger partial charge in [0.1, 0.15) is 0 Å². The minimum absolute atomic E-state index is 0.0417. The lowest BCUT2D eigenvalue weighted by Crippen LogP contribution is -2.17. The van der Waals surface area contributed by atoms with Crippen LogP contribution in [0.4, 0.5) is 0 Å². The summed E-state index contributed by atoms with van der Waals surface area (Å²) in [4.78, 5) is 22.8. The summed E-state index contributed by atoms with van der Waals surface area (Å²) < 4.78 is 1.59. The zero-order valence-corrected chi connectivity index (χ0v) is 6.67. The van der Waals surface area contributed by atoms with Gasteiger partial charge in [-0.2, -0.15) is 0 Å². The van der Waals surface area contributed by atoms with Crippen molar-refractivity contribution in [2.45, 2.75) is 13.5 Å². The number of nitrogens with zero attached hydrogens (tertiary/aromatic N) is 2. The van der Waals surface area contributed by atoms with E-state index >= 15 is 0 Å². The summed E-state index contributed by atoms with van der Waals surface area (Å²) in [6.45, 7) is 2.38. The standard InChI is InChI=1S/C6H8N2O.CH2O2/c1-2-8-4-3-7-5-6(8)9;2-1-3/h3-5H,2H2,1H3;1H,(H,2,3). The Bertz CT molecular complexity index is 282. The maximum Gasteiger partial charge on any atom is 0.290 e. The largest absolute Gasteiger partial charge is 0.483 e. The van der Waals surface area contributed by atoms with Crippen molar-refractivity contribution in [3.63, 3.8) is 0 Å².